The molecule has 0 heterocycles. The summed E-state index contributed by atoms with van der Waals surface area (Å²) in [6.45, 7) is 6.29. The zero-order valence-electron chi connectivity index (χ0n) is 12.9. The summed E-state index contributed by atoms with van der Waals surface area (Å²) in [6, 6.07) is 5.00. The molecule has 0 aromatic heterocycles. The smallest absolute Gasteiger partial charge is 0.323 e. The number of likely N-dealkylation sites (N-methyl/N-ethyl adjacent to an activating group) is 1. The molecule has 1 atom stereocenters. The predicted octanol–water partition coefficient (Wildman–Crippen LogP) is 3.14. The maximum absolute atomic E-state index is 13.7. The molecule has 0 aliphatic heterocycles. The van der Waals surface area contributed by atoms with E-state index >= 15 is 0 Å². The molecule has 1 unspecified atom stereocenters. The van der Waals surface area contributed by atoms with Gasteiger partial charge in [0.1, 0.15) is 5.54 Å². The van der Waals surface area contributed by atoms with E-state index in [4.69, 9.17) is 4.74 Å². The van der Waals surface area contributed by atoms with Crippen molar-refractivity contribution in [1.82, 2.24) is 5.32 Å². The maximum Gasteiger partial charge on any atom is 0.323 e. The lowest BCUT2D eigenvalue weighted by atomic mass is 9.90. The van der Waals surface area contributed by atoms with Gasteiger partial charge in [-0.2, -0.15) is 0 Å². The fraction of sp³-hybridized carbons (Fsp3) is 0.562. The molecule has 1 aromatic carbocycles. The average molecular weight is 297 g/mol. The van der Waals surface area contributed by atoms with E-state index in [0.717, 1.165) is 0 Å². The van der Waals surface area contributed by atoms with E-state index < -0.39 is 11.5 Å². The van der Waals surface area contributed by atoms with E-state index in [1.807, 2.05) is 13.8 Å². The minimum atomic E-state index is -0.927. The number of hydrogen-bond donors (Lipinski definition) is 2. The van der Waals surface area contributed by atoms with Gasteiger partial charge in [0.2, 0.25) is 0 Å². The zero-order valence-corrected chi connectivity index (χ0v) is 12.9. The first-order chi connectivity index (χ1) is 9.96. The summed E-state index contributed by atoms with van der Waals surface area (Å²) in [4.78, 5) is 11.4. The van der Waals surface area contributed by atoms with Gasteiger partial charge in [0.15, 0.2) is 11.6 Å². The van der Waals surface area contributed by atoms with E-state index in [2.05, 4.69) is 5.32 Å². The summed E-state index contributed by atoms with van der Waals surface area (Å²) < 4.78 is 19.2. The fourth-order valence-electron chi connectivity index (χ4n) is 2.35. The van der Waals surface area contributed by atoms with Gasteiger partial charge in [-0.25, -0.2) is 4.39 Å². The lowest BCUT2D eigenvalue weighted by Crippen LogP contribution is -2.51. The Balaban J connectivity index is 2.55. The second-order valence-corrected chi connectivity index (χ2v) is 5.11. The highest BCUT2D eigenvalue weighted by atomic mass is 19.1. The van der Waals surface area contributed by atoms with Crippen molar-refractivity contribution in [1.29, 1.82) is 0 Å². The summed E-state index contributed by atoms with van der Waals surface area (Å²) in [7, 11) is 0. The van der Waals surface area contributed by atoms with Crippen LogP contribution >= 0.6 is 0 Å². The van der Waals surface area contributed by atoms with Gasteiger partial charge in [0, 0.05) is 0 Å². The maximum atomic E-state index is 13.7. The van der Waals surface area contributed by atoms with Crippen molar-refractivity contribution in [2.75, 3.05) is 13.2 Å². The standard InChI is InChI=1S/C16H24FNO3/c1-4-16(15(19)20,18-5-2)10-7-11-21-13-9-6-8-12(3)14(13)17/h6,8-9,18H,4-5,7,10-11H2,1-3H3,(H,19,20). The molecule has 0 aliphatic carbocycles. The molecule has 1 rings (SSSR count). The third-order valence-corrected chi connectivity index (χ3v) is 3.69. The molecule has 21 heavy (non-hydrogen) atoms. The molecule has 4 nitrogen and oxygen atoms in total. The number of nitrogens with one attached hydrogen (secondary N) is 1. The second kappa shape index (κ2) is 7.98. The molecule has 0 aliphatic rings. The molecular formula is C16H24FNO3. The van der Waals surface area contributed by atoms with Crippen LogP contribution in [0.5, 0.6) is 5.75 Å². The Morgan fingerprint density at radius 2 is 2.14 bits per heavy atom. The fourth-order valence-corrected chi connectivity index (χ4v) is 2.35. The van der Waals surface area contributed by atoms with Crippen molar-refractivity contribution in [2.24, 2.45) is 0 Å². The Morgan fingerprint density at radius 3 is 2.71 bits per heavy atom. The Labute approximate surface area is 125 Å². The number of ether oxygens (including phenoxy) is 1. The van der Waals surface area contributed by atoms with Crippen molar-refractivity contribution in [3.8, 4) is 5.75 Å². The third kappa shape index (κ3) is 4.43. The Bertz CT molecular complexity index is 479. The Kier molecular flexibility index (Phi) is 6.62. The van der Waals surface area contributed by atoms with E-state index in [9.17, 15) is 14.3 Å². The molecule has 0 saturated heterocycles. The topological polar surface area (TPSA) is 58.6 Å². The van der Waals surface area contributed by atoms with Crippen LogP contribution in [0.15, 0.2) is 18.2 Å². The molecule has 0 radical (unpaired) electrons. The van der Waals surface area contributed by atoms with Crippen LogP contribution in [0.1, 0.15) is 38.7 Å². The highest BCUT2D eigenvalue weighted by Crippen LogP contribution is 2.22. The predicted molar refractivity (Wildman–Crippen MR) is 80.2 cm³/mol. The molecule has 0 saturated carbocycles. The average Bonchev–Trinajstić information content (AvgIpc) is 2.46. The first-order valence-corrected chi connectivity index (χ1v) is 7.33. The molecule has 2 N–H and O–H groups in total. The van der Waals surface area contributed by atoms with Crippen LogP contribution in [-0.2, 0) is 4.79 Å². The molecule has 0 spiro atoms. The summed E-state index contributed by atoms with van der Waals surface area (Å²) in [5, 5.41) is 12.4. The normalized spacial score (nSPS) is 13.7. The van der Waals surface area contributed by atoms with Gasteiger partial charge in [-0.15, -0.1) is 0 Å². The first kappa shape index (κ1) is 17.4. The minimum Gasteiger partial charge on any atom is -0.491 e. The van der Waals surface area contributed by atoms with E-state index in [-0.39, 0.29) is 11.6 Å². The van der Waals surface area contributed by atoms with Crippen LogP contribution < -0.4 is 10.1 Å². The van der Waals surface area contributed by atoms with E-state index in [1.54, 1.807) is 25.1 Å². The van der Waals surface area contributed by atoms with Crippen LogP contribution in [0.2, 0.25) is 0 Å². The molecule has 0 amide bonds. The highest BCUT2D eigenvalue weighted by Gasteiger charge is 2.34. The largest absolute Gasteiger partial charge is 0.491 e. The number of rotatable bonds is 9. The zero-order chi connectivity index (χ0) is 15.9. The highest BCUT2D eigenvalue weighted by molar-refractivity contribution is 5.78. The molecule has 118 valence electrons. The number of benzene rings is 1. The van der Waals surface area contributed by atoms with Crippen LogP contribution in [0.3, 0.4) is 0 Å². The Morgan fingerprint density at radius 1 is 1.43 bits per heavy atom. The van der Waals surface area contributed by atoms with Gasteiger partial charge in [0.25, 0.3) is 0 Å². The lowest BCUT2D eigenvalue weighted by molar-refractivity contribution is -0.145. The van der Waals surface area contributed by atoms with Crippen molar-refractivity contribution in [3.63, 3.8) is 0 Å². The number of carboxylic acid groups (broad SMARTS) is 1. The van der Waals surface area contributed by atoms with Crippen molar-refractivity contribution < 1.29 is 19.0 Å². The van der Waals surface area contributed by atoms with Crippen LogP contribution in [-0.4, -0.2) is 29.8 Å². The van der Waals surface area contributed by atoms with Gasteiger partial charge in [0.05, 0.1) is 6.61 Å². The number of carboxylic acids is 1. The quantitative estimate of drug-likeness (QED) is 0.688. The van der Waals surface area contributed by atoms with Crippen LogP contribution in [0.25, 0.3) is 0 Å². The van der Waals surface area contributed by atoms with Gasteiger partial charge in [-0.3, -0.25) is 4.79 Å². The van der Waals surface area contributed by atoms with E-state index in [1.165, 1.54) is 0 Å². The van der Waals surface area contributed by atoms with Gasteiger partial charge >= 0.3 is 5.97 Å². The van der Waals surface area contributed by atoms with Crippen molar-refractivity contribution in [3.05, 3.63) is 29.6 Å². The summed E-state index contributed by atoms with van der Waals surface area (Å²) in [5.41, 5.74) is -0.392. The summed E-state index contributed by atoms with van der Waals surface area (Å²) >= 11 is 0. The third-order valence-electron chi connectivity index (χ3n) is 3.69. The first-order valence-electron chi connectivity index (χ1n) is 7.33. The summed E-state index contributed by atoms with van der Waals surface area (Å²) in [6.07, 6.45) is 1.48. The van der Waals surface area contributed by atoms with E-state index in [0.29, 0.717) is 38.0 Å². The molecule has 1 aromatic rings. The number of aryl methyl sites for hydroxylation is 1. The monoisotopic (exact) mass is 297 g/mol. The number of halogens is 1. The minimum absolute atomic E-state index is 0.218. The second-order valence-electron chi connectivity index (χ2n) is 5.11. The lowest BCUT2D eigenvalue weighted by Gasteiger charge is -2.29. The number of hydrogen-bond acceptors (Lipinski definition) is 3. The van der Waals surface area contributed by atoms with Gasteiger partial charge < -0.3 is 15.2 Å². The van der Waals surface area contributed by atoms with Gasteiger partial charge in [-0.05, 0) is 44.4 Å². The molecule has 0 fully saturated rings. The molecular weight excluding hydrogens is 273 g/mol. The molecule has 0 bridgehead atoms. The number of aliphatic carboxylic acids is 1. The Hall–Kier alpha value is -1.62. The van der Waals surface area contributed by atoms with Crippen LogP contribution in [0.4, 0.5) is 4.39 Å². The molecule has 5 heteroatoms. The van der Waals surface area contributed by atoms with Crippen LogP contribution in [0, 0.1) is 12.7 Å². The van der Waals surface area contributed by atoms with Gasteiger partial charge in [-0.1, -0.05) is 26.0 Å². The summed E-state index contributed by atoms with van der Waals surface area (Å²) in [5.74, 6) is -0.992. The SMILES string of the molecule is CCNC(CC)(CCCOc1cccc(C)c1F)C(=O)O. The number of carbonyl (C=O) groups is 1. The van der Waals surface area contributed by atoms with Crippen molar-refractivity contribution >= 4 is 5.97 Å². The van der Waals surface area contributed by atoms with Crippen molar-refractivity contribution in [2.45, 2.75) is 45.6 Å².